The van der Waals surface area contributed by atoms with Gasteiger partial charge in [0.05, 0.1) is 24.3 Å². The Kier molecular flexibility index (Phi) is 11.0. The maximum absolute atomic E-state index is 13.8. The topological polar surface area (TPSA) is 121 Å². The Balaban J connectivity index is 1.28. The van der Waals surface area contributed by atoms with Crippen LogP contribution in [-0.4, -0.2) is 92.2 Å². The van der Waals surface area contributed by atoms with E-state index >= 15 is 0 Å². The number of pyridine rings is 1. The molecule has 1 aliphatic carbocycles. The van der Waals surface area contributed by atoms with Gasteiger partial charge in [-0.1, -0.05) is 60.7 Å². The molecule has 1 aromatic heterocycles. The minimum Gasteiger partial charge on any atom is -0.392 e. The highest BCUT2D eigenvalue weighted by Gasteiger charge is 2.37. The van der Waals surface area contributed by atoms with Crippen molar-refractivity contribution in [3.63, 3.8) is 0 Å². The summed E-state index contributed by atoms with van der Waals surface area (Å²) < 4.78 is 0. The number of carbonyl (C=O) groups excluding carboxylic acids is 1. The molecule has 1 saturated heterocycles. The third-order valence-electron chi connectivity index (χ3n) is 8.89. The quantitative estimate of drug-likeness (QED) is 0.197. The van der Waals surface area contributed by atoms with Crippen LogP contribution in [-0.2, 0) is 24.2 Å². The molecule has 5 rings (SSSR count). The van der Waals surface area contributed by atoms with E-state index in [1.165, 1.54) is 0 Å². The minimum atomic E-state index is -0.804. The largest absolute Gasteiger partial charge is 0.392 e. The normalized spacial score (nSPS) is 22.8. The van der Waals surface area contributed by atoms with Crippen LogP contribution < -0.4 is 10.6 Å². The molecule has 2 aliphatic rings. The Morgan fingerprint density at radius 2 is 1.73 bits per heavy atom. The second-order valence-corrected chi connectivity index (χ2v) is 13.7. The lowest BCUT2D eigenvalue weighted by Gasteiger charge is -2.45. The van der Waals surface area contributed by atoms with Crippen molar-refractivity contribution < 1.29 is 20.1 Å². The first-order valence-corrected chi connectivity index (χ1v) is 16.1. The van der Waals surface area contributed by atoms with Gasteiger partial charge in [0.1, 0.15) is 6.23 Å². The van der Waals surface area contributed by atoms with Crippen LogP contribution in [0.3, 0.4) is 0 Å². The van der Waals surface area contributed by atoms with E-state index in [2.05, 4.69) is 31.5 Å². The Labute approximate surface area is 267 Å². The monoisotopic (exact) mass is 615 g/mol. The van der Waals surface area contributed by atoms with E-state index < -0.39 is 30.4 Å². The molecule has 242 valence electrons. The molecule has 9 heteroatoms. The number of fused-ring (bicyclic) bond motifs is 1. The lowest BCUT2D eigenvalue weighted by atomic mass is 9.91. The van der Waals surface area contributed by atoms with Gasteiger partial charge >= 0.3 is 0 Å². The first-order chi connectivity index (χ1) is 21.6. The van der Waals surface area contributed by atoms with Crippen LogP contribution in [0.1, 0.15) is 55.5 Å². The molecule has 45 heavy (non-hydrogen) atoms. The summed E-state index contributed by atoms with van der Waals surface area (Å²) in [5, 5.41) is 40.1. The molecule has 0 radical (unpaired) electrons. The van der Waals surface area contributed by atoms with Crippen molar-refractivity contribution in [3.8, 4) is 0 Å². The van der Waals surface area contributed by atoms with E-state index in [1.807, 2.05) is 87.6 Å². The fourth-order valence-corrected chi connectivity index (χ4v) is 6.74. The number of aromatic nitrogens is 1. The number of nitrogens with one attached hydrogen (secondary N) is 2. The number of nitrogens with zero attached hydrogens (tertiary/aromatic N) is 3. The summed E-state index contributed by atoms with van der Waals surface area (Å²) >= 11 is 0. The molecular weight excluding hydrogens is 566 g/mol. The molecule has 1 aliphatic heterocycles. The van der Waals surface area contributed by atoms with Gasteiger partial charge in [0.25, 0.3) is 0 Å². The molecule has 1 amide bonds. The van der Waals surface area contributed by atoms with Crippen LogP contribution >= 0.6 is 0 Å². The molecule has 0 saturated carbocycles. The van der Waals surface area contributed by atoms with E-state index in [1.54, 1.807) is 6.20 Å². The maximum Gasteiger partial charge on any atom is 0.224 e. The highest BCUT2D eigenvalue weighted by molar-refractivity contribution is 5.79. The van der Waals surface area contributed by atoms with Crippen molar-refractivity contribution >= 4 is 5.91 Å². The van der Waals surface area contributed by atoms with Crippen molar-refractivity contribution in [2.24, 2.45) is 5.92 Å². The zero-order chi connectivity index (χ0) is 32.0. The van der Waals surface area contributed by atoms with Crippen LogP contribution in [0.5, 0.6) is 0 Å². The van der Waals surface area contributed by atoms with Gasteiger partial charge in [-0.2, -0.15) is 0 Å². The molecule has 0 spiro atoms. The summed E-state index contributed by atoms with van der Waals surface area (Å²) in [6, 6.07) is 21.0. The summed E-state index contributed by atoms with van der Waals surface area (Å²) in [4.78, 5) is 22.5. The Bertz CT molecular complexity index is 1370. The lowest BCUT2D eigenvalue weighted by molar-refractivity contribution is -0.128. The summed E-state index contributed by atoms with van der Waals surface area (Å²) in [6.07, 6.45) is 2.60. The Morgan fingerprint density at radius 3 is 2.47 bits per heavy atom. The first-order valence-electron chi connectivity index (χ1n) is 16.1. The summed E-state index contributed by atoms with van der Waals surface area (Å²) in [6.45, 7) is 9.23. The fraction of sp³-hybridized carbons (Fsp3) is 0.500. The number of aliphatic hydroxyl groups excluding tert-OH is 3. The number of piperazine rings is 1. The second kappa shape index (κ2) is 14.9. The van der Waals surface area contributed by atoms with Gasteiger partial charge in [0, 0.05) is 63.0 Å². The molecule has 6 unspecified atom stereocenters. The van der Waals surface area contributed by atoms with Crippen molar-refractivity contribution in [2.45, 2.75) is 82.6 Å². The van der Waals surface area contributed by atoms with Gasteiger partial charge in [-0.15, -0.1) is 0 Å². The standard InChI is InChI=1S/C36H49N5O4/c1-36(2,3)39-35(45)31-24-40(22-26-12-9-15-37-21-26)16-17-41(31)23-29(42)19-28(18-25-10-5-4-6-11-25)34(44)38-33-30-14-8-7-13-27(30)20-32(33)43/h4-15,21,28-29,31-33,35,39,42-43,45H,16-20,22-24H2,1-3H3,(H,38,44). The predicted octanol–water partition coefficient (Wildman–Crippen LogP) is 2.66. The average molecular weight is 616 g/mol. The SMILES string of the molecule is CC(C)(C)NC(O)C1CN(Cc2cccnc2)CCN1CC(O)CC(Cc1ccccc1)C(=O)NC1c2ccccc2CC1O. The zero-order valence-corrected chi connectivity index (χ0v) is 26.7. The second-order valence-electron chi connectivity index (χ2n) is 13.7. The number of hydrogen-bond donors (Lipinski definition) is 5. The van der Waals surface area contributed by atoms with Crippen LogP contribution in [0, 0.1) is 5.92 Å². The van der Waals surface area contributed by atoms with Gasteiger partial charge < -0.3 is 20.6 Å². The predicted molar refractivity (Wildman–Crippen MR) is 175 cm³/mol. The molecule has 0 bridgehead atoms. The molecule has 2 aromatic carbocycles. The molecule has 6 atom stereocenters. The van der Waals surface area contributed by atoms with Gasteiger partial charge in [-0.05, 0) is 61.9 Å². The number of aliphatic hydroxyl groups is 3. The fourth-order valence-electron chi connectivity index (χ4n) is 6.74. The summed E-state index contributed by atoms with van der Waals surface area (Å²) in [7, 11) is 0. The number of amides is 1. The van der Waals surface area contributed by atoms with E-state index in [4.69, 9.17) is 0 Å². The van der Waals surface area contributed by atoms with Crippen LogP contribution in [0.25, 0.3) is 0 Å². The molecule has 5 N–H and O–H groups in total. The van der Waals surface area contributed by atoms with Crippen LogP contribution in [0.4, 0.5) is 0 Å². The highest BCUT2D eigenvalue weighted by Crippen LogP contribution is 2.32. The highest BCUT2D eigenvalue weighted by atomic mass is 16.3. The average Bonchev–Trinajstić information content (AvgIpc) is 3.32. The van der Waals surface area contributed by atoms with Crippen molar-refractivity contribution in [2.75, 3.05) is 26.2 Å². The molecule has 3 aromatic rings. The van der Waals surface area contributed by atoms with Crippen molar-refractivity contribution in [1.29, 1.82) is 0 Å². The maximum atomic E-state index is 13.8. The summed E-state index contributed by atoms with van der Waals surface area (Å²) in [5.74, 6) is -0.670. The number of benzene rings is 2. The van der Waals surface area contributed by atoms with E-state index in [-0.39, 0.29) is 23.9 Å². The van der Waals surface area contributed by atoms with E-state index in [0.29, 0.717) is 32.5 Å². The molecule has 2 heterocycles. The molecular formula is C36H49N5O4. The molecule has 1 fully saturated rings. The van der Waals surface area contributed by atoms with Gasteiger partial charge in [-0.3, -0.25) is 24.9 Å². The van der Waals surface area contributed by atoms with E-state index in [9.17, 15) is 20.1 Å². The number of carbonyl (C=O) groups is 1. The van der Waals surface area contributed by atoms with Gasteiger partial charge in [0.2, 0.25) is 5.91 Å². The van der Waals surface area contributed by atoms with Crippen molar-refractivity contribution in [3.05, 3.63) is 101 Å². The summed E-state index contributed by atoms with van der Waals surface area (Å²) in [5.41, 5.74) is 3.84. The Hall–Kier alpha value is -3.18. The number of hydrogen-bond acceptors (Lipinski definition) is 8. The van der Waals surface area contributed by atoms with Crippen molar-refractivity contribution in [1.82, 2.24) is 25.4 Å². The smallest absolute Gasteiger partial charge is 0.224 e. The number of rotatable bonds is 12. The van der Waals surface area contributed by atoms with E-state index in [0.717, 1.165) is 35.3 Å². The zero-order valence-electron chi connectivity index (χ0n) is 26.7. The third-order valence-corrected chi connectivity index (χ3v) is 8.89. The first kappa shape index (κ1) is 33.2. The van der Waals surface area contributed by atoms with Crippen LogP contribution in [0.2, 0.25) is 0 Å². The Morgan fingerprint density at radius 1 is 1.00 bits per heavy atom. The minimum absolute atomic E-state index is 0.175. The van der Waals surface area contributed by atoms with Gasteiger partial charge in [-0.25, -0.2) is 0 Å². The number of β-amino-alcohol motifs (C(OH)–C–C–N with tert-alkyl or cyclic N) is 1. The lowest BCUT2D eigenvalue weighted by Crippen LogP contribution is -2.63. The third kappa shape index (κ3) is 9.19. The van der Waals surface area contributed by atoms with Crippen LogP contribution in [0.15, 0.2) is 79.1 Å². The van der Waals surface area contributed by atoms with Gasteiger partial charge in [0.15, 0.2) is 0 Å². The molecule has 9 nitrogen and oxygen atoms in total.